The maximum atomic E-state index is 12.2. The van der Waals surface area contributed by atoms with Crippen molar-refractivity contribution >= 4 is 92.1 Å². The molecule has 27 heavy (non-hydrogen) atoms. The van der Waals surface area contributed by atoms with Crippen molar-refractivity contribution in [3.63, 3.8) is 0 Å². The zero-order valence-corrected chi connectivity index (χ0v) is 18.5. The van der Waals surface area contributed by atoms with Crippen molar-refractivity contribution in [1.29, 1.82) is 0 Å². The van der Waals surface area contributed by atoms with Gasteiger partial charge >= 0.3 is 12.1 Å². The highest BCUT2D eigenvalue weighted by molar-refractivity contribution is 8.47. The van der Waals surface area contributed by atoms with E-state index < -0.39 is 46.0 Å². The van der Waals surface area contributed by atoms with Crippen LogP contribution in [0.25, 0.3) is 0 Å². The molecule has 1 amide bonds. The fourth-order valence-corrected chi connectivity index (χ4v) is 4.95. The smallest absolute Gasteiger partial charge is 0.478 e. The Morgan fingerprint density at radius 2 is 2.00 bits per heavy atom. The highest BCUT2D eigenvalue weighted by Crippen LogP contribution is 2.41. The molecule has 8 nitrogen and oxygen atoms in total. The predicted octanol–water partition coefficient (Wildman–Crippen LogP) is 2.86. The van der Waals surface area contributed by atoms with Crippen LogP contribution in [0.15, 0.2) is 0 Å². The minimum Gasteiger partial charge on any atom is -0.478 e. The number of rotatable bonds is 8. The number of amides is 1. The van der Waals surface area contributed by atoms with E-state index in [1.165, 1.54) is 11.8 Å². The second-order valence-corrected chi connectivity index (χ2v) is 11.1. The summed E-state index contributed by atoms with van der Waals surface area (Å²) in [4.78, 5) is 35.4. The lowest BCUT2D eigenvalue weighted by Crippen LogP contribution is -2.65. The van der Waals surface area contributed by atoms with E-state index in [2.05, 4.69) is 4.74 Å². The molecule has 0 aromatic carbocycles. The van der Waals surface area contributed by atoms with Gasteiger partial charge in [-0.25, -0.2) is 9.59 Å². The number of likely N-dealkylation sites (tertiary alicyclic amines) is 1. The summed E-state index contributed by atoms with van der Waals surface area (Å²) >= 11 is 23.9. The summed E-state index contributed by atoms with van der Waals surface area (Å²) < 4.78 is 8.12. The van der Waals surface area contributed by atoms with Crippen LogP contribution in [-0.2, 0) is 19.1 Å². The summed E-state index contributed by atoms with van der Waals surface area (Å²) in [5, 5.41) is 18.0. The number of β-lactam (4-membered cyclic amide) rings is 1. The van der Waals surface area contributed by atoms with Crippen molar-refractivity contribution in [3.8, 4) is 0 Å². The maximum absolute atomic E-state index is 12.2. The highest BCUT2D eigenvalue weighted by Gasteiger charge is 2.52. The second-order valence-electron chi connectivity index (χ2n) is 5.05. The molecule has 0 bridgehead atoms. The number of aliphatic hydroxyl groups excluding tert-OH is 1. The van der Waals surface area contributed by atoms with Gasteiger partial charge in [-0.05, 0) is 12.2 Å². The first-order valence-electron chi connectivity index (χ1n) is 7.40. The number of carbonyl (C=O) groups excluding carboxylic acids is 2. The quantitative estimate of drug-likeness (QED) is 0.223. The topological polar surface area (TPSA) is 113 Å². The van der Waals surface area contributed by atoms with Gasteiger partial charge < -0.3 is 19.7 Å². The van der Waals surface area contributed by atoms with E-state index in [-0.39, 0.29) is 13.0 Å². The summed E-state index contributed by atoms with van der Waals surface area (Å²) in [5.74, 6) is -2.10. The number of thioether (sulfide) groups is 2. The zero-order valence-electron chi connectivity index (χ0n) is 13.8. The maximum Gasteiger partial charge on any atom is 0.508 e. The average Bonchev–Trinajstić information content (AvgIpc) is 2.55. The molecule has 0 radical (unpaired) electrons. The molecule has 1 aliphatic heterocycles. The fraction of sp³-hybridized carbons (Fsp3) is 0.692. The van der Waals surface area contributed by atoms with E-state index in [1.807, 2.05) is 6.92 Å². The number of hydrogen-bond acceptors (Lipinski definition) is 9. The van der Waals surface area contributed by atoms with Crippen molar-refractivity contribution in [1.82, 2.24) is 4.90 Å². The molecular weight excluding hydrogens is 485 g/mol. The Balaban J connectivity index is 2.60. The van der Waals surface area contributed by atoms with Gasteiger partial charge in [0.1, 0.15) is 10.1 Å². The van der Waals surface area contributed by atoms with Crippen molar-refractivity contribution in [2.75, 3.05) is 19.0 Å². The number of ether oxygens (including phenoxy) is 2. The molecule has 1 heterocycles. The van der Waals surface area contributed by atoms with Crippen molar-refractivity contribution in [3.05, 3.63) is 0 Å². The Hall–Kier alpha value is -0.170. The van der Waals surface area contributed by atoms with E-state index in [1.54, 1.807) is 0 Å². The average molecular weight is 501 g/mol. The lowest BCUT2D eigenvalue weighted by molar-refractivity contribution is -0.181. The third-order valence-corrected chi connectivity index (χ3v) is 6.28. The summed E-state index contributed by atoms with van der Waals surface area (Å²) in [6.07, 6.45) is -2.96. The molecule has 154 valence electrons. The Morgan fingerprint density at radius 1 is 1.37 bits per heavy atom. The summed E-state index contributed by atoms with van der Waals surface area (Å²) in [5.41, 5.74) is 0. The van der Waals surface area contributed by atoms with Gasteiger partial charge in [-0.3, -0.25) is 9.69 Å². The van der Waals surface area contributed by atoms with E-state index in [4.69, 9.17) is 56.9 Å². The first-order valence-corrected chi connectivity index (χ1v) is 10.8. The van der Waals surface area contributed by atoms with Crippen molar-refractivity contribution in [2.24, 2.45) is 5.92 Å². The van der Waals surface area contributed by atoms with E-state index in [0.717, 1.165) is 16.7 Å². The Kier molecular flexibility index (Phi) is 10.2. The number of carbonyl (C=O) groups is 3. The van der Waals surface area contributed by atoms with E-state index in [0.29, 0.717) is 9.28 Å². The molecule has 0 aromatic heterocycles. The van der Waals surface area contributed by atoms with E-state index in [9.17, 15) is 19.5 Å². The lowest BCUT2D eigenvalue weighted by Gasteiger charge is -2.47. The molecule has 1 aliphatic rings. The van der Waals surface area contributed by atoms with Gasteiger partial charge in [-0.2, -0.15) is 0 Å². The number of alkyl halides is 3. The molecule has 3 atom stereocenters. The molecule has 2 N–H and O–H groups in total. The minimum absolute atomic E-state index is 0.0849. The number of aliphatic carboxylic acids is 1. The molecule has 0 spiro atoms. The first kappa shape index (κ1) is 24.9. The Morgan fingerprint density at radius 3 is 2.52 bits per heavy atom. The van der Waals surface area contributed by atoms with Gasteiger partial charge in [0.05, 0.1) is 17.9 Å². The van der Waals surface area contributed by atoms with Crippen LogP contribution >= 0.6 is 70.5 Å². The molecule has 0 aliphatic carbocycles. The molecule has 1 rings (SSSR count). The Bertz CT molecular complexity index is 590. The van der Waals surface area contributed by atoms with Crippen LogP contribution in [0.1, 0.15) is 13.3 Å². The molecule has 14 heteroatoms. The number of nitrogens with zero attached hydrogens (tertiary/aromatic N) is 1. The molecule has 0 saturated carbocycles. The molecular formula is C13H16Cl3NO7S3. The SMILES string of the molecule is CCSC(=S)S[C@@H]1[C@H](CCOC(=O)OCC(Cl)(Cl)Cl)C(=O)N1C(O)C(=O)O. The van der Waals surface area contributed by atoms with Crippen LogP contribution in [0.3, 0.4) is 0 Å². The molecule has 1 fully saturated rings. The number of aliphatic hydroxyl groups is 1. The summed E-state index contributed by atoms with van der Waals surface area (Å²) in [7, 11) is 0. The van der Waals surface area contributed by atoms with Gasteiger partial charge in [-0.15, -0.1) is 11.8 Å². The van der Waals surface area contributed by atoms with E-state index >= 15 is 0 Å². The molecule has 1 unspecified atom stereocenters. The van der Waals surface area contributed by atoms with Gasteiger partial charge in [0, 0.05) is 0 Å². The first-order chi connectivity index (χ1) is 12.5. The van der Waals surface area contributed by atoms with Crippen LogP contribution in [0, 0.1) is 5.92 Å². The fourth-order valence-electron chi connectivity index (χ4n) is 2.04. The monoisotopic (exact) mass is 499 g/mol. The second kappa shape index (κ2) is 11.1. The van der Waals surface area contributed by atoms with Gasteiger partial charge in [0.25, 0.3) is 0 Å². The lowest BCUT2D eigenvalue weighted by atomic mass is 9.94. The van der Waals surface area contributed by atoms with Crippen LogP contribution < -0.4 is 0 Å². The van der Waals surface area contributed by atoms with Gasteiger partial charge in [0.15, 0.2) is 0 Å². The van der Waals surface area contributed by atoms with Crippen molar-refractivity contribution in [2.45, 2.75) is 28.7 Å². The Labute approximate surface area is 184 Å². The standard InChI is InChI=1S/C13H16Cl3NO7S3/c1-2-26-12(25)27-9-6(7(18)17(9)8(19)10(20)21)3-4-23-11(22)24-5-13(14,15)16/h6,8-9,19H,2-5H2,1H3,(H,20,21)/t6-,8?,9-/m1/s1. The zero-order chi connectivity index (χ0) is 20.8. The van der Waals surface area contributed by atoms with Crippen molar-refractivity contribution < 1.29 is 34.1 Å². The third kappa shape index (κ3) is 8.00. The van der Waals surface area contributed by atoms with Gasteiger partial charge in [-0.1, -0.05) is 65.7 Å². The van der Waals surface area contributed by atoms with Crippen LogP contribution in [0.2, 0.25) is 0 Å². The van der Waals surface area contributed by atoms with Gasteiger partial charge in [0.2, 0.25) is 15.9 Å². The summed E-state index contributed by atoms with van der Waals surface area (Å²) in [6, 6.07) is 0. The normalized spacial score (nSPS) is 20.6. The number of carboxylic acid groups (broad SMARTS) is 1. The third-order valence-electron chi connectivity index (χ3n) is 3.16. The largest absolute Gasteiger partial charge is 0.508 e. The molecule has 1 saturated heterocycles. The van der Waals surface area contributed by atoms with Crippen LogP contribution in [0.4, 0.5) is 4.79 Å². The number of carboxylic acids is 1. The number of thiocarbonyl (C=S) groups is 1. The number of halogens is 3. The predicted molar refractivity (Wildman–Crippen MR) is 108 cm³/mol. The van der Waals surface area contributed by atoms with Crippen LogP contribution in [-0.4, -0.2) is 71.0 Å². The van der Waals surface area contributed by atoms with Crippen LogP contribution in [0.5, 0.6) is 0 Å². The summed E-state index contributed by atoms with van der Waals surface area (Å²) in [6.45, 7) is 1.21. The molecule has 0 aromatic rings. The minimum atomic E-state index is -1.98. The highest BCUT2D eigenvalue weighted by atomic mass is 35.6. The number of hydrogen-bond donors (Lipinski definition) is 2.